The van der Waals surface area contributed by atoms with E-state index in [-0.39, 0.29) is 0 Å². The van der Waals surface area contributed by atoms with Crippen LogP contribution in [0.5, 0.6) is 0 Å². The highest BCUT2D eigenvalue weighted by molar-refractivity contribution is 5.60. The van der Waals surface area contributed by atoms with Gasteiger partial charge in [0.2, 0.25) is 12.3 Å². The molecule has 11 heteroatoms. The summed E-state index contributed by atoms with van der Waals surface area (Å²) in [6, 6.07) is 0. The van der Waals surface area contributed by atoms with Crippen LogP contribution in [0.3, 0.4) is 0 Å². The molecule has 0 aliphatic heterocycles. The first kappa shape index (κ1) is 16.7. The molecule has 0 heterocycles. The summed E-state index contributed by atoms with van der Waals surface area (Å²) in [6.07, 6.45) is -24.2. The van der Waals surface area contributed by atoms with E-state index in [1.807, 2.05) is 0 Å². The van der Waals surface area contributed by atoms with E-state index >= 15 is 0 Å². The predicted octanol–water partition coefficient (Wildman–Crippen LogP) is 2.94. The van der Waals surface area contributed by atoms with Gasteiger partial charge in [-0.1, -0.05) is 0 Å². The third-order valence-electron chi connectivity index (χ3n) is 1.40. The minimum atomic E-state index is -3.84. The van der Waals surface area contributed by atoms with Crippen molar-refractivity contribution < 1.29 is 49.4 Å². The number of carbonyl (C=O) groups excluding carboxylic acids is 1. The van der Waals surface area contributed by atoms with Crippen LogP contribution in [0.1, 0.15) is 0 Å². The number of hydrogen-bond acceptors (Lipinski definition) is 3. The van der Waals surface area contributed by atoms with Gasteiger partial charge in [-0.25, -0.2) is 31.1 Å². The average molecular weight is 290 g/mol. The standard InChI is InChI=1S/C7H6F8O3/c8-1(3(10)11)5(14)17-7(16)18-6(15)2(9)4(12)13/h1-6H. The summed E-state index contributed by atoms with van der Waals surface area (Å²) in [5.74, 6) is 0. The minimum absolute atomic E-state index is 2.44. The van der Waals surface area contributed by atoms with Crippen LogP contribution in [-0.2, 0) is 9.47 Å². The van der Waals surface area contributed by atoms with Gasteiger partial charge in [0, 0.05) is 0 Å². The molecule has 0 aliphatic carbocycles. The maximum Gasteiger partial charge on any atom is 0.513 e. The molecule has 0 saturated carbocycles. The Balaban J connectivity index is 4.19. The Hall–Kier alpha value is -1.29. The van der Waals surface area contributed by atoms with E-state index in [4.69, 9.17) is 0 Å². The topological polar surface area (TPSA) is 35.5 Å². The molecule has 0 aliphatic rings. The summed E-state index contributed by atoms with van der Waals surface area (Å²) in [5.41, 5.74) is 0. The molecule has 0 aromatic heterocycles. The fourth-order valence-corrected chi connectivity index (χ4v) is 0.570. The van der Waals surface area contributed by atoms with Gasteiger partial charge < -0.3 is 9.47 Å². The number of hydrogen-bond donors (Lipinski definition) is 0. The Morgan fingerprint density at radius 3 is 1.17 bits per heavy atom. The van der Waals surface area contributed by atoms with Crippen molar-refractivity contribution >= 4 is 6.16 Å². The SMILES string of the molecule is O=C(OC(F)C(F)C(F)F)OC(F)C(F)C(F)F. The van der Waals surface area contributed by atoms with Crippen molar-refractivity contribution in [1.82, 2.24) is 0 Å². The van der Waals surface area contributed by atoms with Crippen molar-refractivity contribution in [3.05, 3.63) is 0 Å². The zero-order chi connectivity index (χ0) is 14.5. The quantitative estimate of drug-likeness (QED) is 0.557. The molecule has 0 spiro atoms. The van der Waals surface area contributed by atoms with Crippen LogP contribution >= 0.6 is 0 Å². The average Bonchev–Trinajstić information content (AvgIpc) is 2.25. The van der Waals surface area contributed by atoms with E-state index in [0.29, 0.717) is 0 Å². The first-order chi connectivity index (χ1) is 8.16. The fraction of sp³-hybridized carbons (Fsp3) is 0.857. The van der Waals surface area contributed by atoms with Gasteiger partial charge in [0.05, 0.1) is 0 Å². The highest BCUT2D eigenvalue weighted by atomic mass is 19.3. The molecule has 0 fully saturated rings. The lowest BCUT2D eigenvalue weighted by atomic mass is 10.4. The second kappa shape index (κ2) is 7.21. The minimum Gasteiger partial charge on any atom is -0.396 e. The van der Waals surface area contributed by atoms with Crippen molar-refractivity contribution in [2.75, 3.05) is 0 Å². The van der Waals surface area contributed by atoms with Gasteiger partial charge in [-0.05, 0) is 0 Å². The first-order valence-electron chi connectivity index (χ1n) is 4.16. The Morgan fingerprint density at radius 1 is 0.667 bits per heavy atom. The molecular weight excluding hydrogens is 284 g/mol. The maximum absolute atomic E-state index is 12.4. The predicted molar refractivity (Wildman–Crippen MR) is 39.2 cm³/mol. The molecular formula is C7H6F8O3. The summed E-state index contributed by atoms with van der Waals surface area (Å²) in [6.45, 7) is 0. The van der Waals surface area contributed by atoms with Gasteiger partial charge in [-0.2, -0.15) is 8.78 Å². The van der Waals surface area contributed by atoms with E-state index in [9.17, 15) is 39.9 Å². The smallest absolute Gasteiger partial charge is 0.396 e. The third-order valence-corrected chi connectivity index (χ3v) is 1.40. The summed E-state index contributed by atoms with van der Waals surface area (Å²) >= 11 is 0. The van der Waals surface area contributed by atoms with Crippen molar-refractivity contribution in [1.29, 1.82) is 0 Å². The summed E-state index contributed by atoms with van der Waals surface area (Å²) in [5, 5.41) is 0. The zero-order valence-corrected chi connectivity index (χ0v) is 8.21. The summed E-state index contributed by atoms with van der Waals surface area (Å²) < 4.78 is 102. The molecule has 3 nitrogen and oxygen atoms in total. The van der Waals surface area contributed by atoms with E-state index in [0.717, 1.165) is 0 Å². The highest BCUT2D eigenvalue weighted by Crippen LogP contribution is 2.18. The molecule has 18 heavy (non-hydrogen) atoms. The number of alkyl halides is 8. The normalized spacial score (nSPS) is 18.3. The van der Waals surface area contributed by atoms with Gasteiger partial charge >= 0.3 is 6.16 Å². The van der Waals surface area contributed by atoms with Crippen LogP contribution in [0.15, 0.2) is 0 Å². The van der Waals surface area contributed by atoms with Crippen molar-refractivity contribution in [2.24, 2.45) is 0 Å². The monoisotopic (exact) mass is 290 g/mol. The second-order valence-corrected chi connectivity index (χ2v) is 2.75. The van der Waals surface area contributed by atoms with E-state index in [1.54, 1.807) is 0 Å². The molecule has 0 aromatic rings. The number of ether oxygens (including phenoxy) is 2. The van der Waals surface area contributed by atoms with E-state index in [1.165, 1.54) is 0 Å². The van der Waals surface area contributed by atoms with Gasteiger partial charge in [0.1, 0.15) is 0 Å². The molecule has 0 bridgehead atoms. The van der Waals surface area contributed by atoms with Crippen LogP contribution in [0.2, 0.25) is 0 Å². The number of halogens is 8. The number of rotatable bonds is 6. The van der Waals surface area contributed by atoms with Gasteiger partial charge in [0.25, 0.3) is 25.6 Å². The van der Waals surface area contributed by atoms with Gasteiger partial charge in [-0.15, -0.1) is 0 Å². The number of carbonyl (C=O) groups is 1. The molecule has 108 valence electrons. The lowest BCUT2D eigenvalue weighted by Crippen LogP contribution is -2.34. The fourth-order valence-electron chi connectivity index (χ4n) is 0.570. The van der Waals surface area contributed by atoms with Crippen molar-refractivity contribution in [3.63, 3.8) is 0 Å². The van der Waals surface area contributed by atoms with Crippen molar-refractivity contribution in [2.45, 2.75) is 37.9 Å². The summed E-state index contributed by atoms with van der Waals surface area (Å²) in [4.78, 5) is 10.4. The molecule has 0 radical (unpaired) electrons. The van der Waals surface area contributed by atoms with Gasteiger partial charge in [0.15, 0.2) is 0 Å². The van der Waals surface area contributed by atoms with Crippen LogP contribution in [0.25, 0.3) is 0 Å². The van der Waals surface area contributed by atoms with Crippen LogP contribution in [-0.4, -0.2) is 44.1 Å². The van der Waals surface area contributed by atoms with E-state index < -0.39 is 44.1 Å². The Kier molecular flexibility index (Phi) is 6.70. The zero-order valence-electron chi connectivity index (χ0n) is 8.21. The van der Waals surface area contributed by atoms with Crippen LogP contribution < -0.4 is 0 Å². The van der Waals surface area contributed by atoms with E-state index in [2.05, 4.69) is 9.47 Å². The first-order valence-corrected chi connectivity index (χ1v) is 4.16. The van der Waals surface area contributed by atoms with Crippen molar-refractivity contribution in [3.8, 4) is 0 Å². The molecule has 0 amide bonds. The molecule has 0 N–H and O–H groups in total. The lowest BCUT2D eigenvalue weighted by Gasteiger charge is -2.16. The Bertz CT molecular complexity index is 239. The molecule has 4 unspecified atom stereocenters. The largest absolute Gasteiger partial charge is 0.513 e. The lowest BCUT2D eigenvalue weighted by molar-refractivity contribution is -0.146. The van der Waals surface area contributed by atoms with Gasteiger partial charge in [-0.3, -0.25) is 0 Å². The maximum atomic E-state index is 12.4. The van der Waals surface area contributed by atoms with Crippen LogP contribution in [0, 0.1) is 0 Å². The molecule has 4 atom stereocenters. The third kappa shape index (κ3) is 5.36. The summed E-state index contributed by atoms with van der Waals surface area (Å²) in [7, 11) is 0. The Morgan fingerprint density at radius 2 is 0.944 bits per heavy atom. The Labute approximate surface area is 94.6 Å². The van der Waals surface area contributed by atoms with Crippen LogP contribution in [0.4, 0.5) is 39.9 Å². The molecule has 0 saturated heterocycles. The molecule has 0 rings (SSSR count). The second-order valence-electron chi connectivity index (χ2n) is 2.75. The highest BCUT2D eigenvalue weighted by Gasteiger charge is 2.37. The molecule has 0 aromatic carbocycles.